The summed E-state index contributed by atoms with van der Waals surface area (Å²) in [5.74, 6) is 0.0783. The summed E-state index contributed by atoms with van der Waals surface area (Å²) in [6.07, 6.45) is 4.02. The molecule has 1 aromatic carbocycles. The van der Waals surface area contributed by atoms with Crippen LogP contribution in [0.5, 0.6) is 5.75 Å². The van der Waals surface area contributed by atoms with Crippen LogP contribution in [0.4, 0.5) is 4.39 Å². The largest absolute Gasteiger partial charge is 0.492 e. The van der Waals surface area contributed by atoms with Crippen LogP contribution in [0, 0.1) is 5.82 Å². The Balaban J connectivity index is 2.11. The Kier molecular flexibility index (Phi) is 4.64. The number of aryl methyl sites for hydroxylation is 1. The van der Waals surface area contributed by atoms with Crippen molar-refractivity contribution in [3.63, 3.8) is 0 Å². The molecule has 0 aliphatic heterocycles. The highest BCUT2D eigenvalue weighted by Crippen LogP contribution is 2.29. The van der Waals surface area contributed by atoms with Crippen LogP contribution in [0.3, 0.4) is 0 Å². The lowest BCUT2D eigenvalue weighted by atomic mass is 10.3. The van der Waals surface area contributed by atoms with Crippen LogP contribution in [0.1, 0.15) is 5.82 Å². The predicted octanol–water partition coefficient (Wildman–Crippen LogP) is 1.59. The molecule has 0 radical (unpaired) electrons. The van der Waals surface area contributed by atoms with E-state index in [4.69, 9.17) is 9.88 Å². The van der Waals surface area contributed by atoms with E-state index < -0.39 is 20.7 Å². The fourth-order valence-corrected chi connectivity index (χ4v) is 2.95. The van der Waals surface area contributed by atoms with Crippen LogP contribution in [-0.4, -0.2) is 24.6 Å². The number of sulfonamides is 1. The second-order valence-corrected chi connectivity index (χ2v) is 6.70. The number of nitrogens with zero attached hydrogens (tertiary/aromatic N) is 2. The van der Waals surface area contributed by atoms with Gasteiger partial charge in [0.15, 0.2) is 0 Å². The van der Waals surface area contributed by atoms with Crippen LogP contribution in [0.25, 0.3) is 0 Å². The Bertz CT molecular complexity index is 761. The van der Waals surface area contributed by atoms with E-state index in [1.54, 1.807) is 6.20 Å². The summed E-state index contributed by atoms with van der Waals surface area (Å²) in [5.41, 5.74) is 0. The highest BCUT2D eigenvalue weighted by molar-refractivity contribution is 9.10. The molecule has 2 aromatic rings. The van der Waals surface area contributed by atoms with Crippen LogP contribution < -0.4 is 9.88 Å². The van der Waals surface area contributed by atoms with Crippen molar-refractivity contribution in [3.05, 3.63) is 40.6 Å². The molecule has 0 unspecified atom stereocenters. The van der Waals surface area contributed by atoms with Crippen molar-refractivity contribution in [2.45, 2.75) is 11.3 Å². The van der Waals surface area contributed by atoms with Gasteiger partial charge in [-0.05, 0) is 22.0 Å². The average Bonchev–Trinajstić information content (AvgIpc) is 2.77. The standard InChI is InChI=1S/C12H13BrFN3O3S/c1-17-4-3-16-12(17)2-5-20-10-7-9(14)11(6-8(10)13)21(15,18)19/h3-4,6-7H,2,5H2,1H3,(H2,15,18,19). The number of aromatic nitrogens is 2. The second kappa shape index (κ2) is 6.12. The maximum atomic E-state index is 13.7. The fourth-order valence-electron chi connectivity index (χ4n) is 1.73. The van der Waals surface area contributed by atoms with E-state index in [1.807, 2.05) is 17.8 Å². The van der Waals surface area contributed by atoms with Crippen LogP contribution in [0.2, 0.25) is 0 Å². The SMILES string of the molecule is Cn1ccnc1CCOc1cc(F)c(S(N)(=O)=O)cc1Br. The lowest BCUT2D eigenvalue weighted by Crippen LogP contribution is -2.14. The quantitative estimate of drug-likeness (QED) is 0.856. The number of nitrogens with two attached hydrogens (primary N) is 1. The lowest BCUT2D eigenvalue weighted by Gasteiger charge is -2.10. The molecule has 2 rings (SSSR count). The van der Waals surface area contributed by atoms with Gasteiger partial charge in [0, 0.05) is 31.9 Å². The zero-order valence-electron chi connectivity index (χ0n) is 11.1. The van der Waals surface area contributed by atoms with E-state index in [0.29, 0.717) is 10.9 Å². The number of imidazole rings is 1. The predicted molar refractivity (Wildman–Crippen MR) is 77.9 cm³/mol. The highest BCUT2D eigenvalue weighted by atomic mass is 79.9. The Morgan fingerprint density at radius 3 is 2.76 bits per heavy atom. The first kappa shape index (κ1) is 15.9. The molecule has 0 aliphatic rings. The van der Waals surface area contributed by atoms with Gasteiger partial charge in [-0.3, -0.25) is 0 Å². The summed E-state index contributed by atoms with van der Waals surface area (Å²) in [6.45, 7) is 0.275. The first-order valence-electron chi connectivity index (χ1n) is 5.90. The van der Waals surface area contributed by atoms with Gasteiger partial charge in [0.05, 0.1) is 11.1 Å². The first-order valence-corrected chi connectivity index (χ1v) is 8.24. The van der Waals surface area contributed by atoms with Crippen LogP contribution in [-0.2, 0) is 23.5 Å². The third kappa shape index (κ3) is 3.80. The zero-order chi connectivity index (χ0) is 15.6. The lowest BCUT2D eigenvalue weighted by molar-refractivity contribution is 0.313. The third-order valence-electron chi connectivity index (χ3n) is 2.80. The summed E-state index contributed by atoms with van der Waals surface area (Å²) >= 11 is 3.13. The number of hydrogen-bond acceptors (Lipinski definition) is 4. The minimum atomic E-state index is -4.11. The molecule has 0 fully saturated rings. The zero-order valence-corrected chi connectivity index (χ0v) is 13.5. The highest BCUT2D eigenvalue weighted by Gasteiger charge is 2.18. The number of ether oxygens (including phenoxy) is 1. The van der Waals surface area contributed by atoms with Crippen molar-refractivity contribution in [1.29, 1.82) is 0 Å². The molecule has 0 amide bonds. The van der Waals surface area contributed by atoms with Gasteiger partial charge in [0.25, 0.3) is 0 Å². The summed E-state index contributed by atoms with van der Waals surface area (Å²) < 4.78 is 43.7. The number of primary sulfonamides is 1. The first-order chi connectivity index (χ1) is 9.79. The minimum Gasteiger partial charge on any atom is -0.492 e. The summed E-state index contributed by atoms with van der Waals surface area (Å²) in [4.78, 5) is 3.56. The molecule has 0 spiro atoms. The van der Waals surface area contributed by atoms with Gasteiger partial charge in [-0.1, -0.05) is 0 Å². The number of benzene rings is 1. The van der Waals surface area contributed by atoms with E-state index in [2.05, 4.69) is 20.9 Å². The molecule has 0 saturated heterocycles. The van der Waals surface area contributed by atoms with E-state index in [1.165, 1.54) is 0 Å². The van der Waals surface area contributed by atoms with Crippen molar-refractivity contribution in [1.82, 2.24) is 9.55 Å². The third-order valence-corrected chi connectivity index (χ3v) is 4.34. The Labute approximate surface area is 129 Å². The van der Waals surface area contributed by atoms with Crippen molar-refractivity contribution < 1.29 is 17.5 Å². The Morgan fingerprint density at radius 2 is 2.19 bits per heavy atom. The molecule has 0 bridgehead atoms. The van der Waals surface area contributed by atoms with Gasteiger partial charge in [-0.15, -0.1) is 0 Å². The van der Waals surface area contributed by atoms with Crippen LogP contribution >= 0.6 is 15.9 Å². The monoisotopic (exact) mass is 377 g/mol. The van der Waals surface area contributed by atoms with Gasteiger partial charge < -0.3 is 9.30 Å². The Morgan fingerprint density at radius 1 is 1.48 bits per heavy atom. The normalized spacial score (nSPS) is 11.6. The van der Waals surface area contributed by atoms with Gasteiger partial charge in [-0.25, -0.2) is 22.9 Å². The van der Waals surface area contributed by atoms with Crippen molar-refractivity contribution in [3.8, 4) is 5.75 Å². The van der Waals surface area contributed by atoms with Gasteiger partial charge >= 0.3 is 0 Å². The fraction of sp³-hybridized carbons (Fsp3) is 0.250. The van der Waals surface area contributed by atoms with Crippen molar-refractivity contribution in [2.24, 2.45) is 12.2 Å². The molecule has 1 aromatic heterocycles. The molecule has 114 valence electrons. The average molecular weight is 378 g/mol. The summed E-state index contributed by atoms with van der Waals surface area (Å²) in [5, 5.41) is 4.92. The van der Waals surface area contributed by atoms with E-state index in [9.17, 15) is 12.8 Å². The van der Waals surface area contributed by atoms with E-state index in [0.717, 1.165) is 18.0 Å². The number of rotatable bonds is 5. The maximum Gasteiger partial charge on any atom is 0.241 e. The molecule has 2 N–H and O–H groups in total. The molecule has 0 atom stereocenters. The summed E-state index contributed by atoms with van der Waals surface area (Å²) in [6, 6.07) is 2.07. The molecular weight excluding hydrogens is 365 g/mol. The van der Waals surface area contributed by atoms with E-state index >= 15 is 0 Å². The second-order valence-electron chi connectivity index (χ2n) is 4.31. The van der Waals surface area contributed by atoms with Gasteiger partial charge in [0.1, 0.15) is 22.3 Å². The molecule has 0 saturated carbocycles. The van der Waals surface area contributed by atoms with Crippen molar-refractivity contribution >= 4 is 26.0 Å². The number of halogens is 2. The summed E-state index contributed by atoms with van der Waals surface area (Å²) in [7, 11) is -2.25. The molecule has 0 aliphatic carbocycles. The minimum absolute atomic E-state index is 0.203. The smallest absolute Gasteiger partial charge is 0.241 e. The molecule has 6 nitrogen and oxygen atoms in total. The topological polar surface area (TPSA) is 87.2 Å². The molecule has 1 heterocycles. The molecular formula is C12H13BrFN3O3S. The van der Waals surface area contributed by atoms with E-state index in [-0.39, 0.29) is 12.4 Å². The molecule has 21 heavy (non-hydrogen) atoms. The molecule has 9 heteroatoms. The number of hydrogen-bond donors (Lipinski definition) is 1. The van der Waals surface area contributed by atoms with Crippen molar-refractivity contribution in [2.75, 3.05) is 6.61 Å². The van der Waals surface area contributed by atoms with Gasteiger partial charge in [-0.2, -0.15) is 0 Å². The van der Waals surface area contributed by atoms with Crippen LogP contribution in [0.15, 0.2) is 33.9 Å². The van der Waals surface area contributed by atoms with Gasteiger partial charge in [0.2, 0.25) is 10.0 Å². The Hall–Kier alpha value is -1.45. The maximum absolute atomic E-state index is 13.7.